The van der Waals surface area contributed by atoms with Crippen LogP contribution in [0.2, 0.25) is 0 Å². The van der Waals surface area contributed by atoms with Crippen LogP contribution in [0.15, 0.2) is 12.2 Å². The van der Waals surface area contributed by atoms with Gasteiger partial charge in [0.2, 0.25) is 5.91 Å². The fourth-order valence-corrected chi connectivity index (χ4v) is 1.46. The second-order valence-corrected chi connectivity index (χ2v) is 3.83. The monoisotopic (exact) mass is 184 g/mol. The zero-order valence-electron chi connectivity index (χ0n) is 8.47. The summed E-state index contributed by atoms with van der Waals surface area (Å²) >= 11 is 0. The molecule has 1 rings (SSSR count). The molecule has 0 bridgehead atoms. The highest BCUT2D eigenvalue weighted by Gasteiger charge is 2.18. The van der Waals surface area contributed by atoms with Gasteiger partial charge in [0.1, 0.15) is 0 Å². The van der Waals surface area contributed by atoms with Gasteiger partial charge in [-0.25, -0.2) is 0 Å². The maximum Gasteiger partial charge on any atom is 0.246 e. The zero-order valence-corrected chi connectivity index (χ0v) is 8.47. The molecule has 1 amide bonds. The van der Waals surface area contributed by atoms with Gasteiger partial charge < -0.3 is 10.2 Å². The first-order valence-electron chi connectivity index (χ1n) is 4.74. The van der Waals surface area contributed by atoms with Crippen LogP contribution in [0.5, 0.6) is 0 Å². The molecule has 0 atom stereocenters. The molecular formula is C10H20N2O. The van der Waals surface area contributed by atoms with Crippen LogP contribution in [0.3, 0.4) is 0 Å². The quantitative estimate of drug-likeness (QED) is 0.650. The van der Waals surface area contributed by atoms with E-state index in [1.165, 1.54) is 0 Å². The maximum atomic E-state index is 11.3. The first-order chi connectivity index (χ1) is 6.09. The van der Waals surface area contributed by atoms with E-state index in [9.17, 15) is 4.79 Å². The summed E-state index contributed by atoms with van der Waals surface area (Å²) in [6.45, 7) is 7.49. The van der Waals surface area contributed by atoms with E-state index < -0.39 is 0 Å². The van der Waals surface area contributed by atoms with Crippen LogP contribution in [0.1, 0.15) is 21.2 Å². The Morgan fingerprint density at radius 2 is 2.08 bits per heavy atom. The Morgan fingerprint density at radius 1 is 1.54 bits per heavy atom. The van der Waals surface area contributed by atoms with Crippen molar-refractivity contribution in [2.24, 2.45) is 0 Å². The summed E-state index contributed by atoms with van der Waals surface area (Å²) in [5.74, 6) is -0.00504. The van der Waals surface area contributed by atoms with E-state index in [-0.39, 0.29) is 7.33 Å². The fraction of sp³-hybridized carbons (Fsp3) is 0.700. The molecule has 0 unspecified atom stereocenters. The Labute approximate surface area is 81.3 Å². The second-order valence-electron chi connectivity index (χ2n) is 3.83. The van der Waals surface area contributed by atoms with Crippen molar-refractivity contribution in [3.63, 3.8) is 0 Å². The largest absolute Gasteiger partial charge is 0.350 e. The van der Waals surface area contributed by atoms with E-state index in [0.29, 0.717) is 11.6 Å². The number of piperidine rings is 1. The lowest BCUT2D eigenvalue weighted by Crippen LogP contribution is -2.43. The molecule has 0 saturated carbocycles. The van der Waals surface area contributed by atoms with Gasteiger partial charge in [0.25, 0.3) is 0 Å². The van der Waals surface area contributed by atoms with Crippen molar-refractivity contribution in [2.75, 3.05) is 20.1 Å². The number of nitrogens with one attached hydrogen (secondary N) is 1. The van der Waals surface area contributed by atoms with Crippen molar-refractivity contribution in [3.8, 4) is 0 Å². The van der Waals surface area contributed by atoms with Gasteiger partial charge in [0, 0.05) is 13.0 Å². The van der Waals surface area contributed by atoms with Crippen LogP contribution < -0.4 is 5.32 Å². The van der Waals surface area contributed by atoms with Crippen molar-refractivity contribution < 1.29 is 6.22 Å². The molecule has 0 aliphatic carbocycles. The topological polar surface area (TPSA) is 32.3 Å². The van der Waals surface area contributed by atoms with Crippen LogP contribution in [-0.2, 0) is 4.79 Å². The van der Waals surface area contributed by atoms with Gasteiger partial charge in [-0.1, -0.05) is 6.58 Å². The molecule has 1 fully saturated rings. The summed E-state index contributed by atoms with van der Waals surface area (Å²) in [5, 5.41) is 2.97. The number of rotatable bonds is 2. The normalized spacial score (nSPS) is 19.8. The van der Waals surface area contributed by atoms with Crippen molar-refractivity contribution in [2.45, 2.75) is 25.8 Å². The number of carbonyl (C=O) groups excluding carboxylic acids is 1. The highest BCUT2D eigenvalue weighted by Crippen LogP contribution is 2.08. The van der Waals surface area contributed by atoms with Gasteiger partial charge in [-0.05, 0) is 39.9 Å². The number of hydrogen-bond acceptors (Lipinski definition) is 2. The molecular weight excluding hydrogens is 164 g/mol. The predicted octanol–water partition coefficient (Wildman–Crippen LogP) is 1.02. The van der Waals surface area contributed by atoms with Gasteiger partial charge in [-0.15, -0.1) is 0 Å². The van der Waals surface area contributed by atoms with Crippen molar-refractivity contribution in [1.29, 1.82) is 0 Å². The van der Waals surface area contributed by atoms with E-state index in [0.717, 1.165) is 25.9 Å². The van der Waals surface area contributed by atoms with Crippen molar-refractivity contribution in [1.82, 2.24) is 10.2 Å². The minimum atomic E-state index is -0.00504. The van der Waals surface area contributed by atoms with Gasteiger partial charge in [0.05, 0.1) is 0 Å². The molecule has 1 aliphatic heterocycles. The average Bonchev–Trinajstić information content (AvgIpc) is 2.08. The lowest BCUT2D eigenvalue weighted by atomic mass is 10.1. The summed E-state index contributed by atoms with van der Waals surface area (Å²) in [6.07, 6.45) is 2.10. The second kappa shape index (κ2) is 4.42. The zero-order chi connectivity index (χ0) is 9.84. The minimum Gasteiger partial charge on any atom is -0.350 e. The van der Waals surface area contributed by atoms with Crippen LogP contribution in [0.4, 0.5) is 0 Å². The lowest BCUT2D eigenvalue weighted by Gasteiger charge is -2.29. The number of amides is 1. The standard InChI is InChI=1S/C10H18N2O.H2/c1-8(2)10(13)11-9-4-6-12(3)7-5-9;/h9H,1,4-7H2,2-3H3,(H,11,13);1H. The first kappa shape index (κ1) is 10.3. The van der Waals surface area contributed by atoms with E-state index in [2.05, 4.69) is 23.8 Å². The number of carbonyl (C=O) groups is 1. The van der Waals surface area contributed by atoms with Crippen LogP contribution >= 0.6 is 0 Å². The molecule has 3 heteroatoms. The van der Waals surface area contributed by atoms with E-state index in [1.54, 1.807) is 6.92 Å². The Bertz CT molecular complexity index is 210. The Morgan fingerprint density at radius 3 is 2.54 bits per heavy atom. The molecule has 1 heterocycles. The molecule has 13 heavy (non-hydrogen) atoms. The van der Waals surface area contributed by atoms with E-state index in [4.69, 9.17) is 0 Å². The first-order valence-corrected chi connectivity index (χ1v) is 4.74. The minimum absolute atomic E-state index is 0. The van der Waals surface area contributed by atoms with Crippen LogP contribution in [-0.4, -0.2) is 37.0 Å². The molecule has 0 spiro atoms. The van der Waals surface area contributed by atoms with E-state index >= 15 is 0 Å². The van der Waals surface area contributed by atoms with Gasteiger partial charge in [-0.3, -0.25) is 4.79 Å². The summed E-state index contributed by atoms with van der Waals surface area (Å²) in [4.78, 5) is 13.5. The molecule has 1 aliphatic rings. The summed E-state index contributed by atoms with van der Waals surface area (Å²) in [7, 11) is 2.11. The highest BCUT2D eigenvalue weighted by molar-refractivity contribution is 5.92. The van der Waals surface area contributed by atoms with Gasteiger partial charge in [-0.2, -0.15) is 0 Å². The molecule has 0 aromatic heterocycles. The van der Waals surface area contributed by atoms with E-state index in [1.807, 2.05) is 0 Å². The van der Waals surface area contributed by atoms with Gasteiger partial charge in [0.15, 0.2) is 0 Å². The molecule has 1 saturated heterocycles. The summed E-state index contributed by atoms with van der Waals surface area (Å²) in [6, 6.07) is 0.348. The van der Waals surface area contributed by atoms with Crippen LogP contribution in [0, 0.1) is 0 Å². The summed E-state index contributed by atoms with van der Waals surface area (Å²) in [5.41, 5.74) is 0.596. The molecule has 1 N–H and O–H groups in total. The Hall–Kier alpha value is -0.830. The number of likely N-dealkylation sites (tertiary alicyclic amines) is 1. The Kier molecular flexibility index (Phi) is 3.48. The van der Waals surface area contributed by atoms with Crippen molar-refractivity contribution in [3.05, 3.63) is 12.2 Å². The number of nitrogens with zero attached hydrogens (tertiary/aromatic N) is 1. The predicted molar refractivity (Wildman–Crippen MR) is 55.6 cm³/mol. The third-order valence-corrected chi connectivity index (χ3v) is 2.44. The molecule has 0 radical (unpaired) electrons. The third-order valence-electron chi connectivity index (χ3n) is 2.44. The molecule has 3 nitrogen and oxygen atoms in total. The lowest BCUT2D eigenvalue weighted by molar-refractivity contribution is -0.118. The maximum absolute atomic E-state index is 11.3. The Balaban J connectivity index is 0.00000169. The smallest absolute Gasteiger partial charge is 0.246 e. The van der Waals surface area contributed by atoms with Gasteiger partial charge >= 0.3 is 0 Å². The molecule has 0 aromatic carbocycles. The van der Waals surface area contributed by atoms with Crippen LogP contribution in [0.25, 0.3) is 0 Å². The fourth-order valence-electron chi connectivity index (χ4n) is 1.46. The van der Waals surface area contributed by atoms with Crippen molar-refractivity contribution >= 4 is 5.91 Å². The summed E-state index contributed by atoms with van der Waals surface area (Å²) < 4.78 is 0. The molecule has 0 aromatic rings. The third kappa shape index (κ3) is 3.19. The SMILES string of the molecule is C=C(C)C(=O)NC1CCN(C)CC1.[HH]. The number of hydrogen-bond donors (Lipinski definition) is 1. The molecule has 76 valence electrons. The average molecular weight is 184 g/mol. The highest BCUT2D eigenvalue weighted by atomic mass is 16.1.